The lowest BCUT2D eigenvalue weighted by Gasteiger charge is -2.20. The van der Waals surface area contributed by atoms with Gasteiger partial charge >= 0.3 is 18.1 Å². The summed E-state index contributed by atoms with van der Waals surface area (Å²) in [7, 11) is 0. The molecule has 1 aliphatic rings. The lowest BCUT2D eigenvalue weighted by molar-refractivity contribution is -0.384. The minimum atomic E-state index is -5.08. The number of carboxylic acid groups (broad SMARTS) is 2. The van der Waals surface area contributed by atoms with Crippen molar-refractivity contribution in [1.82, 2.24) is 16.0 Å². The molecule has 0 radical (unpaired) electrons. The molecule has 3 rings (SSSR count). The van der Waals surface area contributed by atoms with Crippen LogP contribution < -0.4 is 21.3 Å². The third-order valence-corrected chi connectivity index (χ3v) is 5.81. The number of non-ortho nitro benzene ring substituents is 1. The number of hydrogen-bond acceptors (Lipinski definition) is 10. The minimum Gasteiger partial charge on any atom is -0.507 e. The maximum Gasteiger partial charge on any atom is 0.490 e. The Balaban J connectivity index is 0.000000900. The number of halogens is 4. The zero-order valence-corrected chi connectivity index (χ0v) is 23.6. The van der Waals surface area contributed by atoms with Crippen LogP contribution in [-0.4, -0.2) is 81.9 Å². The van der Waals surface area contributed by atoms with Crippen LogP contribution in [0.3, 0.4) is 0 Å². The number of carboxylic acids is 2. The molecule has 0 spiro atoms. The number of nitro benzene ring substituents is 1. The Labute approximate surface area is 251 Å². The zero-order valence-electron chi connectivity index (χ0n) is 23.6. The number of aliphatic imine (C=N–C) groups is 1. The van der Waals surface area contributed by atoms with E-state index in [1.165, 1.54) is 12.1 Å². The molecular weight excluding hydrogens is 616 g/mol. The maximum absolute atomic E-state index is 13.3. The van der Waals surface area contributed by atoms with Gasteiger partial charge in [-0.15, -0.1) is 0 Å². The van der Waals surface area contributed by atoms with Gasteiger partial charge in [0.1, 0.15) is 11.9 Å². The number of nitrogens with one attached hydrogen (secondary N) is 4. The van der Waals surface area contributed by atoms with Crippen molar-refractivity contribution >= 4 is 41.1 Å². The molecule has 7 N–H and O–H groups in total. The van der Waals surface area contributed by atoms with Gasteiger partial charge in [-0.25, -0.2) is 14.2 Å². The zero-order chi connectivity index (χ0) is 34.1. The lowest BCUT2D eigenvalue weighted by atomic mass is 9.97. The first-order valence-electron chi connectivity index (χ1n) is 12.8. The van der Waals surface area contributed by atoms with Crippen molar-refractivity contribution in [2.75, 3.05) is 25.0 Å². The number of phenols is 1. The molecule has 0 fully saturated rings. The number of aliphatic carboxylic acids is 2. The second-order valence-corrected chi connectivity index (χ2v) is 9.54. The Morgan fingerprint density at radius 3 is 2.31 bits per heavy atom. The predicted octanol–water partition coefficient (Wildman–Crippen LogP) is 2.32. The molecule has 244 valence electrons. The van der Waals surface area contributed by atoms with E-state index in [0.717, 1.165) is 11.6 Å². The van der Waals surface area contributed by atoms with Gasteiger partial charge in [-0.05, 0) is 25.5 Å². The number of rotatable bonds is 9. The van der Waals surface area contributed by atoms with E-state index in [1.54, 1.807) is 26.0 Å². The SMILES string of the molecule is Cc1cc(C)c(O)c([C@@H](CC(=O)O)NC(=O)CNC(=O)c2cc(NC3=NCC(F)CN3)cc([N+](=O)[O-])c2)c1.O=C(O)C(F)(F)F. The lowest BCUT2D eigenvalue weighted by Crippen LogP contribution is -2.41. The average Bonchev–Trinajstić information content (AvgIpc) is 2.94. The molecule has 19 heteroatoms. The molecule has 0 bridgehead atoms. The number of nitrogens with zero attached hydrogens (tertiary/aromatic N) is 2. The number of nitro groups is 1. The van der Waals surface area contributed by atoms with Gasteiger partial charge < -0.3 is 36.6 Å². The van der Waals surface area contributed by atoms with Crippen molar-refractivity contribution in [2.24, 2.45) is 4.99 Å². The number of carbonyl (C=O) groups is 4. The van der Waals surface area contributed by atoms with Crippen molar-refractivity contribution in [2.45, 2.75) is 38.7 Å². The van der Waals surface area contributed by atoms with Crippen LogP contribution in [0.1, 0.15) is 39.5 Å². The van der Waals surface area contributed by atoms with E-state index in [4.69, 9.17) is 9.90 Å². The number of benzene rings is 2. The Kier molecular flexibility index (Phi) is 12.1. The topological polar surface area (TPSA) is 233 Å². The highest BCUT2D eigenvalue weighted by molar-refractivity contribution is 6.00. The maximum atomic E-state index is 13.3. The van der Waals surface area contributed by atoms with Crippen LogP contribution in [0.15, 0.2) is 35.3 Å². The van der Waals surface area contributed by atoms with E-state index in [2.05, 4.69) is 26.3 Å². The summed E-state index contributed by atoms with van der Waals surface area (Å²) >= 11 is 0. The van der Waals surface area contributed by atoms with Crippen LogP contribution in [0, 0.1) is 24.0 Å². The highest BCUT2D eigenvalue weighted by Crippen LogP contribution is 2.31. The number of anilines is 1. The van der Waals surface area contributed by atoms with Gasteiger partial charge in [-0.2, -0.15) is 13.2 Å². The van der Waals surface area contributed by atoms with Gasteiger partial charge in [0.05, 0.1) is 37.0 Å². The molecule has 0 aliphatic carbocycles. The van der Waals surface area contributed by atoms with Crippen LogP contribution in [0.4, 0.5) is 28.9 Å². The van der Waals surface area contributed by atoms with Gasteiger partial charge in [-0.3, -0.25) is 24.5 Å². The predicted molar refractivity (Wildman–Crippen MR) is 149 cm³/mol. The van der Waals surface area contributed by atoms with Crippen LogP contribution in [0.25, 0.3) is 0 Å². The van der Waals surface area contributed by atoms with Gasteiger partial charge in [0.25, 0.3) is 11.6 Å². The number of carbonyl (C=O) groups excluding carboxylic acids is 2. The molecular formula is C26H28F4N6O9. The number of alkyl halides is 4. The smallest absolute Gasteiger partial charge is 0.490 e. The van der Waals surface area contributed by atoms with E-state index in [0.29, 0.717) is 5.56 Å². The summed E-state index contributed by atoms with van der Waals surface area (Å²) in [5.74, 6) is -5.49. The first-order chi connectivity index (χ1) is 20.9. The number of aromatic hydroxyl groups is 1. The first-order valence-corrected chi connectivity index (χ1v) is 12.8. The fraction of sp³-hybridized carbons (Fsp3) is 0.346. The van der Waals surface area contributed by atoms with Crippen molar-refractivity contribution in [3.8, 4) is 5.75 Å². The first kappa shape index (κ1) is 35.7. The van der Waals surface area contributed by atoms with Crippen LogP contribution in [0.5, 0.6) is 5.75 Å². The Morgan fingerprint density at radius 1 is 1.13 bits per heavy atom. The normalized spacial score (nSPS) is 14.8. The number of aryl methyl sites for hydroxylation is 2. The summed E-state index contributed by atoms with van der Waals surface area (Å²) in [4.78, 5) is 60.2. The molecule has 2 aromatic rings. The summed E-state index contributed by atoms with van der Waals surface area (Å²) in [6.45, 7) is 2.74. The molecule has 0 aromatic heterocycles. The summed E-state index contributed by atoms with van der Waals surface area (Å²) in [6.07, 6.45) is -6.76. The summed E-state index contributed by atoms with van der Waals surface area (Å²) in [5, 5.41) is 48.5. The van der Waals surface area contributed by atoms with Gasteiger partial charge in [0.2, 0.25) is 5.91 Å². The molecule has 45 heavy (non-hydrogen) atoms. The summed E-state index contributed by atoms with van der Waals surface area (Å²) < 4.78 is 45.0. The molecule has 2 amide bonds. The fourth-order valence-corrected chi connectivity index (χ4v) is 3.84. The van der Waals surface area contributed by atoms with Crippen molar-refractivity contribution in [1.29, 1.82) is 0 Å². The van der Waals surface area contributed by atoms with Gasteiger partial charge in [-0.1, -0.05) is 17.7 Å². The largest absolute Gasteiger partial charge is 0.507 e. The molecule has 0 saturated carbocycles. The van der Waals surface area contributed by atoms with Crippen LogP contribution >= 0.6 is 0 Å². The van der Waals surface area contributed by atoms with E-state index in [-0.39, 0.29) is 41.6 Å². The molecule has 1 aliphatic heterocycles. The van der Waals surface area contributed by atoms with Crippen molar-refractivity contribution in [3.63, 3.8) is 0 Å². The minimum absolute atomic E-state index is 0.00593. The molecule has 2 aromatic carbocycles. The Bertz CT molecular complexity index is 1500. The molecule has 2 atom stereocenters. The van der Waals surface area contributed by atoms with E-state index in [9.17, 15) is 52.3 Å². The summed E-state index contributed by atoms with van der Waals surface area (Å²) in [5.41, 5.74) is 1.08. The highest BCUT2D eigenvalue weighted by atomic mass is 19.4. The highest BCUT2D eigenvalue weighted by Gasteiger charge is 2.38. The van der Waals surface area contributed by atoms with E-state index >= 15 is 0 Å². The van der Waals surface area contributed by atoms with Crippen molar-refractivity contribution < 1.29 is 57.0 Å². The number of guanidine groups is 1. The monoisotopic (exact) mass is 644 g/mol. The molecule has 1 heterocycles. The average molecular weight is 645 g/mol. The van der Waals surface area contributed by atoms with Gasteiger partial charge in [0.15, 0.2) is 5.96 Å². The van der Waals surface area contributed by atoms with E-state index < -0.39 is 65.7 Å². The number of hydrogen-bond donors (Lipinski definition) is 7. The van der Waals surface area contributed by atoms with Crippen LogP contribution in [-0.2, 0) is 14.4 Å². The van der Waals surface area contributed by atoms with Crippen LogP contribution in [0.2, 0.25) is 0 Å². The Hall–Kier alpha value is -5.49. The van der Waals surface area contributed by atoms with Gasteiger partial charge in [0, 0.05) is 28.9 Å². The number of phenolic OH excluding ortho intramolecular Hbond substituents is 1. The summed E-state index contributed by atoms with van der Waals surface area (Å²) in [6, 6.07) is 5.68. The molecule has 1 unspecified atom stereocenters. The van der Waals surface area contributed by atoms with Crippen molar-refractivity contribution in [3.05, 3.63) is 62.7 Å². The Morgan fingerprint density at radius 2 is 1.78 bits per heavy atom. The third kappa shape index (κ3) is 11.3. The third-order valence-electron chi connectivity index (χ3n) is 5.81. The standard InChI is InChI=1S/C24H27FN6O7.C2HF3O2/c1-12-3-13(2)22(35)18(4-12)19(8-21(33)34)30-20(32)11-26-23(36)14-5-16(7-17(6-14)31(37)38)29-24-27-9-15(25)10-28-24;3-2(4,5)1(6)7/h3-7,15,19,35H,8-11H2,1-2H3,(H,26,36)(H,30,32)(H,33,34)(H2,27,28,29);(H,6,7)/t19-;/m1./s1. The fourth-order valence-electron chi connectivity index (χ4n) is 3.84. The second kappa shape index (κ2) is 15.3. The second-order valence-electron chi connectivity index (χ2n) is 9.54. The quantitative estimate of drug-likeness (QED) is 0.119. The number of amides is 2. The molecule has 0 saturated heterocycles. The van der Waals surface area contributed by atoms with E-state index in [1.807, 2.05) is 0 Å². The molecule has 15 nitrogen and oxygen atoms in total.